The highest BCUT2D eigenvalue weighted by atomic mass is 16.2. The molecule has 0 radical (unpaired) electrons. The molecule has 2 rings (SSSR count). The van der Waals surface area contributed by atoms with Gasteiger partial charge in [0, 0.05) is 25.0 Å². The summed E-state index contributed by atoms with van der Waals surface area (Å²) in [6.07, 6.45) is 4.91. The second-order valence-electron chi connectivity index (χ2n) is 3.58. The predicted octanol–water partition coefficient (Wildman–Crippen LogP) is 0.320. The van der Waals surface area contributed by atoms with Crippen molar-refractivity contribution < 1.29 is 4.79 Å². The highest BCUT2D eigenvalue weighted by Gasteiger charge is 2.06. The van der Waals surface area contributed by atoms with E-state index < -0.39 is 0 Å². The van der Waals surface area contributed by atoms with E-state index >= 15 is 0 Å². The minimum atomic E-state index is -0.186. The third-order valence-corrected chi connectivity index (χ3v) is 2.19. The topological polar surface area (TPSA) is 90.8 Å². The molecule has 0 aliphatic heterocycles. The molecule has 1 amide bonds. The molecule has 0 aliphatic carbocycles. The summed E-state index contributed by atoms with van der Waals surface area (Å²) in [4.78, 5) is 11.6. The minimum absolute atomic E-state index is 0.121. The third kappa shape index (κ3) is 2.83. The zero-order valence-corrected chi connectivity index (χ0v) is 9.50. The van der Waals surface area contributed by atoms with Gasteiger partial charge in [-0.15, -0.1) is 0 Å². The number of nitrogens with one attached hydrogen (secondary N) is 1. The van der Waals surface area contributed by atoms with E-state index in [2.05, 4.69) is 15.5 Å². The van der Waals surface area contributed by atoms with E-state index in [1.54, 1.807) is 16.9 Å². The van der Waals surface area contributed by atoms with Crippen molar-refractivity contribution >= 4 is 17.4 Å². The number of aromatic nitrogens is 4. The molecule has 3 N–H and O–H groups in total. The molecule has 17 heavy (non-hydrogen) atoms. The fourth-order valence-corrected chi connectivity index (χ4v) is 1.40. The van der Waals surface area contributed by atoms with Crippen molar-refractivity contribution in [2.24, 2.45) is 0 Å². The summed E-state index contributed by atoms with van der Waals surface area (Å²) in [5, 5.41) is 10.8. The Bertz CT molecular complexity index is 514. The zero-order valence-electron chi connectivity index (χ0n) is 9.50. The van der Waals surface area contributed by atoms with Crippen molar-refractivity contribution in [3.8, 4) is 0 Å². The molecule has 90 valence electrons. The third-order valence-electron chi connectivity index (χ3n) is 2.19. The molecule has 7 nitrogen and oxygen atoms in total. The Balaban J connectivity index is 1.93. The number of anilines is 2. The van der Waals surface area contributed by atoms with E-state index in [0.29, 0.717) is 11.5 Å². The summed E-state index contributed by atoms with van der Waals surface area (Å²) < 4.78 is 3.21. The van der Waals surface area contributed by atoms with Gasteiger partial charge in [-0.1, -0.05) is 0 Å². The lowest BCUT2D eigenvalue weighted by molar-refractivity contribution is -0.116. The molecule has 2 heterocycles. The van der Waals surface area contributed by atoms with Crippen LogP contribution >= 0.6 is 0 Å². The summed E-state index contributed by atoms with van der Waals surface area (Å²) in [6, 6.07) is 1.75. The molecule has 2 aromatic rings. The summed E-state index contributed by atoms with van der Waals surface area (Å²) >= 11 is 0. The van der Waals surface area contributed by atoms with E-state index in [4.69, 9.17) is 5.73 Å². The largest absolute Gasteiger partial charge is 0.396 e. The van der Waals surface area contributed by atoms with Crippen LogP contribution in [0.25, 0.3) is 0 Å². The normalized spacial score (nSPS) is 10.4. The van der Waals surface area contributed by atoms with Crippen LogP contribution in [0.1, 0.15) is 6.92 Å². The first kappa shape index (κ1) is 11.2. The fourth-order valence-electron chi connectivity index (χ4n) is 1.40. The van der Waals surface area contributed by atoms with Gasteiger partial charge < -0.3 is 11.1 Å². The van der Waals surface area contributed by atoms with E-state index in [0.717, 1.165) is 6.54 Å². The number of nitrogens with two attached hydrogens (primary N) is 1. The van der Waals surface area contributed by atoms with Gasteiger partial charge in [-0.3, -0.25) is 14.2 Å². The van der Waals surface area contributed by atoms with Gasteiger partial charge in [-0.25, -0.2) is 0 Å². The van der Waals surface area contributed by atoms with E-state index in [-0.39, 0.29) is 12.5 Å². The molecule has 0 bridgehead atoms. The van der Waals surface area contributed by atoms with Crippen LogP contribution in [-0.2, 0) is 17.9 Å². The fraction of sp³-hybridized carbons (Fsp3) is 0.300. The molecule has 0 unspecified atom stereocenters. The standard InChI is InChI=1S/C10H14N6O/c1-2-15-4-3-9(14-15)13-10(17)7-16-6-8(11)5-12-16/h3-6H,2,7,11H2,1H3,(H,13,14,17). The minimum Gasteiger partial charge on any atom is -0.396 e. The number of hydrogen-bond acceptors (Lipinski definition) is 4. The van der Waals surface area contributed by atoms with Crippen molar-refractivity contribution in [2.75, 3.05) is 11.1 Å². The number of aryl methyl sites for hydroxylation is 1. The quantitative estimate of drug-likeness (QED) is 0.797. The average Bonchev–Trinajstić information content (AvgIpc) is 2.88. The average molecular weight is 234 g/mol. The Kier molecular flexibility index (Phi) is 3.08. The monoisotopic (exact) mass is 234 g/mol. The molecule has 7 heteroatoms. The maximum absolute atomic E-state index is 11.6. The van der Waals surface area contributed by atoms with Gasteiger partial charge in [-0.05, 0) is 6.92 Å². The maximum atomic E-state index is 11.6. The summed E-state index contributed by atoms with van der Waals surface area (Å²) in [6.45, 7) is 2.87. The smallest absolute Gasteiger partial charge is 0.247 e. The van der Waals surface area contributed by atoms with Gasteiger partial charge in [0.05, 0.1) is 11.9 Å². The molecule has 0 aliphatic rings. The summed E-state index contributed by atoms with van der Waals surface area (Å²) in [5.41, 5.74) is 6.03. The molecule has 0 atom stereocenters. The van der Waals surface area contributed by atoms with Crippen molar-refractivity contribution in [3.63, 3.8) is 0 Å². The summed E-state index contributed by atoms with van der Waals surface area (Å²) in [5.74, 6) is 0.353. The lowest BCUT2D eigenvalue weighted by atomic mass is 10.5. The Morgan fingerprint density at radius 1 is 1.53 bits per heavy atom. The van der Waals surface area contributed by atoms with Crippen LogP contribution in [0.3, 0.4) is 0 Å². The lowest BCUT2D eigenvalue weighted by Crippen LogP contribution is -2.19. The van der Waals surface area contributed by atoms with Gasteiger partial charge in [0.15, 0.2) is 5.82 Å². The van der Waals surface area contributed by atoms with E-state index in [9.17, 15) is 4.79 Å². The molecular weight excluding hydrogens is 220 g/mol. The number of nitrogen functional groups attached to an aromatic ring is 1. The van der Waals surface area contributed by atoms with E-state index in [1.807, 2.05) is 13.1 Å². The van der Waals surface area contributed by atoms with Crippen molar-refractivity contribution in [1.82, 2.24) is 19.6 Å². The van der Waals surface area contributed by atoms with Gasteiger partial charge in [0.1, 0.15) is 6.54 Å². The first-order chi connectivity index (χ1) is 8.17. The van der Waals surface area contributed by atoms with Crippen LogP contribution in [0.5, 0.6) is 0 Å². The number of nitrogens with zero attached hydrogens (tertiary/aromatic N) is 4. The number of carbonyl (C=O) groups is 1. The van der Waals surface area contributed by atoms with Crippen molar-refractivity contribution in [3.05, 3.63) is 24.7 Å². The Morgan fingerprint density at radius 3 is 2.94 bits per heavy atom. The van der Waals surface area contributed by atoms with Crippen molar-refractivity contribution in [2.45, 2.75) is 20.0 Å². The van der Waals surface area contributed by atoms with Crippen LogP contribution < -0.4 is 11.1 Å². The number of rotatable bonds is 4. The number of hydrogen-bond donors (Lipinski definition) is 2. The van der Waals surface area contributed by atoms with Crippen LogP contribution in [0.2, 0.25) is 0 Å². The Labute approximate surface area is 98.2 Å². The van der Waals surface area contributed by atoms with Gasteiger partial charge >= 0.3 is 0 Å². The highest BCUT2D eigenvalue weighted by Crippen LogP contribution is 2.03. The molecular formula is C10H14N6O. The predicted molar refractivity (Wildman–Crippen MR) is 63.2 cm³/mol. The zero-order chi connectivity index (χ0) is 12.3. The SMILES string of the molecule is CCn1ccc(NC(=O)Cn2cc(N)cn2)n1. The molecule has 0 aromatic carbocycles. The second kappa shape index (κ2) is 4.69. The van der Waals surface area contributed by atoms with Crippen molar-refractivity contribution in [1.29, 1.82) is 0 Å². The number of carbonyl (C=O) groups excluding carboxylic acids is 1. The second-order valence-corrected chi connectivity index (χ2v) is 3.58. The first-order valence-corrected chi connectivity index (χ1v) is 5.28. The molecule has 0 saturated heterocycles. The summed E-state index contributed by atoms with van der Waals surface area (Å²) in [7, 11) is 0. The van der Waals surface area contributed by atoms with Crippen LogP contribution in [-0.4, -0.2) is 25.5 Å². The maximum Gasteiger partial charge on any atom is 0.247 e. The lowest BCUT2D eigenvalue weighted by Gasteiger charge is -2.01. The Morgan fingerprint density at radius 2 is 2.35 bits per heavy atom. The molecule has 0 saturated carbocycles. The number of amides is 1. The highest BCUT2D eigenvalue weighted by molar-refractivity contribution is 5.89. The van der Waals surface area contributed by atoms with Crippen LogP contribution in [0.15, 0.2) is 24.7 Å². The van der Waals surface area contributed by atoms with Gasteiger partial charge in [-0.2, -0.15) is 10.2 Å². The molecule has 0 fully saturated rings. The molecule has 0 spiro atoms. The van der Waals surface area contributed by atoms with Crippen LogP contribution in [0, 0.1) is 0 Å². The van der Waals surface area contributed by atoms with Gasteiger partial charge in [0.25, 0.3) is 0 Å². The van der Waals surface area contributed by atoms with E-state index in [1.165, 1.54) is 10.9 Å². The first-order valence-electron chi connectivity index (χ1n) is 5.28. The molecule has 2 aromatic heterocycles. The van der Waals surface area contributed by atoms with Gasteiger partial charge in [0.2, 0.25) is 5.91 Å². The van der Waals surface area contributed by atoms with Crippen LogP contribution in [0.4, 0.5) is 11.5 Å². The Hall–Kier alpha value is -2.31.